The maximum absolute atomic E-state index is 12.2. The lowest BCUT2D eigenvalue weighted by molar-refractivity contribution is 0.0781. The van der Waals surface area contributed by atoms with Crippen molar-refractivity contribution in [3.05, 3.63) is 23.8 Å². The van der Waals surface area contributed by atoms with Crippen LogP contribution in [0.15, 0.2) is 18.2 Å². The summed E-state index contributed by atoms with van der Waals surface area (Å²) in [5.74, 6) is 2.77. The normalized spacial score (nSPS) is 9.47. The van der Waals surface area contributed by atoms with Crippen LogP contribution in [0.3, 0.4) is 0 Å². The van der Waals surface area contributed by atoms with Crippen LogP contribution in [0.4, 0.5) is 5.69 Å². The highest BCUT2D eigenvalue weighted by Crippen LogP contribution is 2.22. The lowest BCUT2D eigenvalue weighted by Crippen LogP contribution is -2.31. The van der Waals surface area contributed by atoms with E-state index in [1.54, 1.807) is 23.1 Å². The molecule has 2 N–H and O–H groups in total. The van der Waals surface area contributed by atoms with Crippen LogP contribution in [0.5, 0.6) is 5.75 Å². The predicted octanol–water partition coefficient (Wildman–Crippen LogP) is 1.37. The van der Waals surface area contributed by atoms with Crippen molar-refractivity contribution in [3.8, 4) is 18.1 Å². The molecule has 0 saturated carbocycles. The number of hydrogen-bond acceptors (Lipinski definition) is 3. The third kappa shape index (κ3) is 2.91. The molecule has 1 aromatic carbocycles. The number of carbonyl (C=O) groups excluding carboxylic acids is 1. The summed E-state index contributed by atoms with van der Waals surface area (Å²) >= 11 is 0. The molecule has 1 amide bonds. The van der Waals surface area contributed by atoms with Crippen molar-refractivity contribution < 1.29 is 9.53 Å². The lowest BCUT2D eigenvalue weighted by Gasteiger charge is -2.19. The Kier molecular flexibility index (Phi) is 4.41. The third-order valence-electron chi connectivity index (χ3n) is 2.41. The van der Waals surface area contributed by atoms with Gasteiger partial charge in [0.2, 0.25) is 0 Å². The second-order valence-corrected chi connectivity index (χ2v) is 3.48. The van der Waals surface area contributed by atoms with Crippen LogP contribution in [0.2, 0.25) is 0 Å². The van der Waals surface area contributed by atoms with Gasteiger partial charge in [0.15, 0.2) is 0 Å². The molecule has 0 saturated heterocycles. The van der Waals surface area contributed by atoms with Gasteiger partial charge in [-0.1, -0.05) is 5.92 Å². The Balaban J connectivity index is 3.07. The highest BCUT2D eigenvalue weighted by molar-refractivity contribution is 5.97. The topological polar surface area (TPSA) is 55.6 Å². The number of anilines is 1. The first-order valence-corrected chi connectivity index (χ1v) is 5.30. The number of benzene rings is 1. The van der Waals surface area contributed by atoms with E-state index in [1.807, 2.05) is 6.92 Å². The Morgan fingerprint density at radius 1 is 1.59 bits per heavy atom. The minimum Gasteiger partial charge on any atom is -0.496 e. The fraction of sp³-hybridized carbons (Fsp3) is 0.308. The fourth-order valence-electron chi connectivity index (χ4n) is 1.49. The van der Waals surface area contributed by atoms with E-state index < -0.39 is 0 Å². The molecular formula is C13H16N2O2. The van der Waals surface area contributed by atoms with Crippen LogP contribution in [0.1, 0.15) is 17.3 Å². The summed E-state index contributed by atoms with van der Waals surface area (Å²) in [4.78, 5) is 13.7. The second-order valence-electron chi connectivity index (χ2n) is 3.48. The van der Waals surface area contributed by atoms with Crippen LogP contribution in [0.25, 0.3) is 0 Å². The van der Waals surface area contributed by atoms with Crippen molar-refractivity contribution in [2.75, 3.05) is 25.9 Å². The third-order valence-corrected chi connectivity index (χ3v) is 2.41. The number of nitrogen functional groups attached to an aromatic ring is 1. The van der Waals surface area contributed by atoms with E-state index in [0.29, 0.717) is 23.5 Å². The number of methoxy groups -OCH3 is 1. The Bertz CT molecular complexity index is 449. The molecule has 0 radical (unpaired) electrons. The van der Waals surface area contributed by atoms with Crippen molar-refractivity contribution >= 4 is 11.6 Å². The fourth-order valence-corrected chi connectivity index (χ4v) is 1.49. The molecule has 0 bridgehead atoms. The first kappa shape index (κ1) is 12.9. The average Bonchev–Trinajstić information content (AvgIpc) is 2.34. The number of amides is 1. The molecule has 0 aliphatic rings. The van der Waals surface area contributed by atoms with Gasteiger partial charge in [0, 0.05) is 18.3 Å². The van der Waals surface area contributed by atoms with Crippen molar-refractivity contribution in [1.29, 1.82) is 0 Å². The van der Waals surface area contributed by atoms with Gasteiger partial charge in [-0.25, -0.2) is 0 Å². The molecule has 17 heavy (non-hydrogen) atoms. The van der Waals surface area contributed by atoms with Gasteiger partial charge in [0.05, 0.1) is 19.2 Å². The highest BCUT2D eigenvalue weighted by atomic mass is 16.5. The molecule has 0 aliphatic heterocycles. The van der Waals surface area contributed by atoms with Crippen LogP contribution in [-0.4, -0.2) is 31.0 Å². The van der Waals surface area contributed by atoms with Gasteiger partial charge >= 0.3 is 0 Å². The van der Waals surface area contributed by atoms with Gasteiger partial charge in [-0.2, -0.15) is 0 Å². The zero-order chi connectivity index (χ0) is 12.8. The zero-order valence-electron chi connectivity index (χ0n) is 10.1. The summed E-state index contributed by atoms with van der Waals surface area (Å²) in [6.45, 7) is 2.71. The molecule has 0 atom stereocenters. The number of terminal acetylenes is 1. The monoisotopic (exact) mass is 232 g/mol. The Labute approximate surface area is 101 Å². The quantitative estimate of drug-likeness (QED) is 0.630. The number of hydrogen-bond donors (Lipinski definition) is 1. The SMILES string of the molecule is C#CCN(CC)C(=O)c1ccc(N)cc1OC. The van der Waals surface area contributed by atoms with Gasteiger partial charge in [0.25, 0.3) is 5.91 Å². The molecule has 1 rings (SSSR count). The van der Waals surface area contributed by atoms with Gasteiger partial charge in [-0.15, -0.1) is 6.42 Å². The van der Waals surface area contributed by atoms with E-state index in [9.17, 15) is 4.79 Å². The molecule has 90 valence electrons. The smallest absolute Gasteiger partial charge is 0.258 e. The maximum Gasteiger partial charge on any atom is 0.258 e. The zero-order valence-corrected chi connectivity index (χ0v) is 10.1. The lowest BCUT2D eigenvalue weighted by atomic mass is 10.1. The molecule has 0 spiro atoms. The van der Waals surface area contributed by atoms with E-state index in [-0.39, 0.29) is 12.5 Å². The number of nitrogens with two attached hydrogens (primary N) is 1. The van der Waals surface area contributed by atoms with E-state index >= 15 is 0 Å². The summed E-state index contributed by atoms with van der Waals surface area (Å²) in [7, 11) is 1.50. The first-order valence-electron chi connectivity index (χ1n) is 5.30. The van der Waals surface area contributed by atoms with Crippen molar-refractivity contribution in [1.82, 2.24) is 4.90 Å². The molecule has 0 aromatic heterocycles. The standard InChI is InChI=1S/C13H16N2O2/c1-4-8-15(5-2)13(16)11-7-6-10(14)9-12(11)17-3/h1,6-7,9H,5,8,14H2,2-3H3. The van der Waals surface area contributed by atoms with Crippen molar-refractivity contribution in [2.24, 2.45) is 0 Å². The summed E-state index contributed by atoms with van der Waals surface area (Å²) in [5, 5.41) is 0. The van der Waals surface area contributed by atoms with Crippen LogP contribution in [0, 0.1) is 12.3 Å². The van der Waals surface area contributed by atoms with E-state index in [4.69, 9.17) is 16.9 Å². The summed E-state index contributed by atoms with van der Waals surface area (Å²) in [5.41, 5.74) is 6.66. The minimum atomic E-state index is -0.151. The summed E-state index contributed by atoms with van der Waals surface area (Å²) in [6, 6.07) is 4.94. The van der Waals surface area contributed by atoms with Crippen molar-refractivity contribution in [3.63, 3.8) is 0 Å². The number of ether oxygens (including phenoxy) is 1. The largest absolute Gasteiger partial charge is 0.496 e. The molecule has 4 heteroatoms. The molecule has 4 nitrogen and oxygen atoms in total. The molecular weight excluding hydrogens is 216 g/mol. The first-order chi connectivity index (χ1) is 8.13. The van der Waals surface area contributed by atoms with Gasteiger partial charge in [-0.05, 0) is 19.1 Å². The van der Waals surface area contributed by atoms with Gasteiger partial charge in [-0.3, -0.25) is 4.79 Å². The highest BCUT2D eigenvalue weighted by Gasteiger charge is 2.17. The summed E-state index contributed by atoms with van der Waals surface area (Å²) < 4.78 is 5.14. The second kappa shape index (κ2) is 5.80. The van der Waals surface area contributed by atoms with Crippen LogP contribution < -0.4 is 10.5 Å². The molecule has 0 unspecified atom stereocenters. The van der Waals surface area contributed by atoms with Gasteiger partial charge < -0.3 is 15.4 Å². The van der Waals surface area contributed by atoms with E-state index in [2.05, 4.69) is 5.92 Å². The summed E-state index contributed by atoms with van der Waals surface area (Å²) in [6.07, 6.45) is 5.22. The molecule has 1 aromatic rings. The molecule has 0 aliphatic carbocycles. The maximum atomic E-state index is 12.2. The number of nitrogens with zero attached hydrogens (tertiary/aromatic N) is 1. The van der Waals surface area contributed by atoms with Gasteiger partial charge in [0.1, 0.15) is 5.75 Å². The Morgan fingerprint density at radius 3 is 2.82 bits per heavy atom. The van der Waals surface area contributed by atoms with Crippen LogP contribution >= 0.6 is 0 Å². The Hall–Kier alpha value is -2.15. The van der Waals surface area contributed by atoms with Crippen LogP contribution in [-0.2, 0) is 0 Å². The van der Waals surface area contributed by atoms with Crippen molar-refractivity contribution in [2.45, 2.75) is 6.92 Å². The molecule has 0 heterocycles. The average molecular weight is 232 g/mol. The van der Waals surface area contributed by atoms with E-state index in [1.165, 1.54) is 7.11 Å². The van der Waals surface area contributed by atoms with E-state index in [0.717, 1.165) is 0 Å². The number of carbonyl (C=O) groups is 1. The minimum absolute atomic E-state index is 0.151. The number of rotatable bonds is 4. The Morgan fingerprint density at radius 2 is 2.29 bits per heavy atom. The molecule has 0 fully saturated rings. The predicted molar refractivity (Wildman–Crippen MR) is 67.8 cm³/mol.